The van der Waals surface area contributed by atoms with Crippen molar-refractivity contribution in [3.8, 4) is 0 Å². The smallest absolute Gasteiger partial charge is 0.243 e. The number of carbonyl (C=O) groups is 1. The molecule has 1 fully saturated rings. The number of anilines is 1. The maximum absolute atomic E-state index is 13.7. The van der Waals surface area contributed by atoms with Crippen LogP contribution in [0.15, 0.2) is 65.8 Å². The van der Waals surface area contributed by atoms with Gasteiger partial charge in [-0.1, -0.05) is 56.7 Å². The van der Waals surface area contributed by atoms with Crippen molar-refractivity contribution in [3.63, 3.8) is 0 Å². The van der Waals surface area contributed by atoms with E-state index in [1.807, 2.05) is 24.0 Å². The highest BCUT2D eigenvalue weighted by atomic mass is 32.2. The average molecular weight is 538 g/mol. The van der Waals surface area contributed by atoms with Crippen molar-refractivity contribution in [2.45, 2.75) is 57.2 Å². The molecule has 2 heterocycles. The number of amides is 1. The molecular formula is C28H35N5O4S. The van der Waals surface area contributed by atoms with Crippen molar-refractivity contribution in [3.05, 3.63) is 83.3 Å². The Morgan fingerprint density at radius 2 is 1.66 bits per heavy atom. The molecule has 0 unspecified atom stereocenters. The fourth-order valence-electron chi connectivity index (χ4n) is 4.52. The first-order valence-corrected chi connectivity index (χ1v) is 14.4. The number of carbonyl (C=O) groups excluding carboxylic acids is 1. The summed E-state index contributed by atoms with van der Waals surface area (Å²) in [6.45, 7) is 4.81. The first kappa shape index (κ1) is 27.7. The minimum Gasteiger partial charge on any atom is -0.390 e. The van der Waals surface area contributed by atoms with Crippen LogP contribution in [0.25, 0.3) is 0 Å². The summed E-state index contributed by atoms with van der Waals surface area (Å²) in [7, 11) is -3.92. The Morgan fingerprint density at radius 3 is 2.26 bits per heavy atom. The lowest BCUT2D eigenvalue weighted by Crippen LogP contribution is -2.60. The van der Waals surface area contributed by atoms with E-state index in [1.54, 1.807) is 24.3 Å². The summed E-state index contributed by atoms with van der Waals surface area (Å²) in [5, 5.41) is 12.2. The molecule has 0 bridgehead atoms. The summed E-state index contributed by atoms with van der Waals surface area (Å²) in [5.74, 6) is 0.150. The Bertz CT molecular complexity index is 1310. The molecule has 0 spiro atoms. The minimum absolute atomic E-state index is 0.116. The van der Waals surface area contributed by atoms with Crippen molar-refractivity contribution >= 4 is 21.7 Å². The average Bonchev–Trinajstić information content (AvgIpc) is 2.96. The van der Waals surface area contributed by atoms with Gasteiger partial charge in [-0.15, -0.1) is 0 Å². The molecule has 2 aromatic carbocycles. The number of aromatic nitrogens is 2. The molecule has 1 aromatic heterocycles. The number of nitrogens with zero attached hydrogens (tertiary/aromatic N) is 4. The van der Waals surface area contributed by atoms with E-state index >= 15 is 0 Å². The Kier molecular flexibility index (Phi) is 9.09. The summed E-state index contributed by atoms with van der Waals surface area (Å²) in [6.07, 6.45) is 5.88. The van der Waals surface area contributed by atoms with E-state index in [4.69, 9.17) is 0 Å². The van der Waals surface area contributed by atoms with Gasteiger partial charge in [0.1, 0.15) is 11.9 Å². The summed E-state index contributed by atoms with van der Waals surface area (Å²) in [5.41, 5.74) is 3.66. The zero-order chi connectivity index (χ0) is 27.1. The number of aliphatic hydroxyl groups excluding tert-OH is 1. The van der Waals surface area contributed by atoms with E-state index < -0.39 is 16.1 Å². The highest BCUT2D eigenvalue weighted by Crippen LogP contribution is 2.24. The number of hydrogen-bond acceptors (Lipinski definition) is 7. The highest BCUT2D eigenvalue weighted by Gasteiger charge is 2.40. The molecule has 1 aliphatic heterocycles. The van der Waals surface area contributed by atoms with Gasteiger partial charge < -0.3 is 15.3 Å². The van der Waals surface area contributed by atoms with Crippen LogP contribution in [-0.2, 0) is 40.8 Å². The molecule has 3 aromatic rings. The van der Waals surface area contributed by atoms with Crippen LogP contribution in [0.5, 0.6) is 0 Å². The number of sulfonamides is 1. The van der Waals surface area contributed by atoms with E-state index in [0.29, 0.717) is 24.6 Å². The lowest BCUT2D eigenvalue weighted by molar-refractivity contribution is -0.125. The van der Waals surface area contributed by atoms with Crippen molar-refractivity contribution in [1.82, 2.24) is 19.6 Å². The van der Waals surface area contributed by atoms with E-state index in [1.165, 1.54) is 22.3 Å². The molecule has 1 amide bonds. The predicted octanol–water partition coefficient (Wildman–Crippen LogP) is 2.68. The van der Waals surface area contributed by atoms with Gasteiger partial charge in [0.2, 0.25) is 15.9 Å². The van der Waals surface area contributed by atoms with Crippen LogP contribution in [-0.4, -0.2) is 59.4 Å². The molecule has 0 radical (unpaired) electrons. The van der Waals surface area contributed by atoms with Gasteiger partial charge in [0.05, 0.1) is 29.6 Å². The number of hydrogen-bond donors (Lipinski definition) is 2. The maximum atomic E-state index is 13.7. The summed E-state index contributed by atoms with van der Waals surface area (Å²) in [6, 6.07) is 13.9. The van der Waals surface area contributed by atoms with E-state index in [-0.39, 0.29) is 30.5 Å². The molecule has 38 heavy (non-hydrogen) atoms. The SMILES string of the molecule is CCCc1ccc(CNC(=O)[C@H]2CN(c3cnc(CO)cn3)CCN2S(=O)(=O)c2ccc(CC)cc2)cc1. The van der Waals surface area contributed by atoms with Gasteiger partial charge in [-0.3, -0.25) is 9.78 Å². The van der Waals surface area contributed by atoms with Crippen LogP contribution in [0.4, 0.5) is 5.82 Å². The lowest BCUT2D eigenvalue weighted by Gasteiger charge is -2.40. The van der Waals surface area contributed by atoms with Gasteiger partial charge >= 0.3 is 0 Å². The van der Waals surface area contributed by atoms with Crippen LogP contribution in [0, 0.1) is 0 Å². The van der Waals surface area contributed by atoms with Crippen LogP contribution >= 0.6 is 0 Å². The summed E-state index contributed by atoms with van der Waals surface area (Å²) >= 11 is 0. The van der Waals surface area contributed by atoms with E-state index in [0.717, 1.165) is 30.4 Å². The third-order valence-corrected chi connectivity index (χ3v) is 8.70. The Labute approximate surface area is 224 Å². The molecule has 1 saturated heterocycles. The zero-order valence-electron chi connectivity index (χ0n) is 21.9. The number of aryl methyl sites for hydroxylation is 2. The van der Waals surface area contributed by atoms with Crippen molar-refractivity contribution in [2.24, 2.45) is 0 Å². The molecule has 9 nitrogen and oxygen atoms in total. The second-order valence-electron chi connectivity index (χ2n) is 9.38. The molecule has 1 atom stereocenters. The van der Waals surface area contributed by atoms with Gasteiger partial charge in [-0.2, -0.15) is 4.31 Å². The van der Waals surface area contributed by atoms with Gasteiger partial charge in [-0.25, -0.2) is 13.4 Å². The Balaban J connectivity index is 1.56. The first-order valence-electron chi connectivity index (χ1n) is 13.0. The maximum Gasteiger partial charge on any atom is 0.243 e. The fraction of sp³-hybridized carbons (Fsp3) is 0.393. The van der Waals surface area contributed by atoms with Crippen LogP contribution in [0.1, 0.15) is 42.7 Å². The van der Waals surface area contributed by atoms with Crippen molar-refractivity contribution in [2.75, 3.05) is 24.5 Å². The number of benzene rings is 2. The molecule has 0 saturated carbocycles. The molecule has 10 heteroatoms. The van der Waals surface area contributed by atoms with E-state index in [9.17, 15) is 18.3 Å². The molecule has 2 N–H and O–H groups in total. The first-order chi connectivity index (χ1) is 18.3. The number of aliphatic hydroxyl groups is 1. The number of rotatable bonds is 10. The molecule has 0 aliphatic carbocycles. The zero-order valence-corrected chi connectivity index (χ0v) is 22.7. The lowest BCUT2D eigenvalue weighted by atomic mass is 10.1. The summed E-state index contributed by atoms with van der Waals surface area (Å²) in [4.78, 5) is 24.0. The highest BCUT2D eigenvalue weighted by molar-refractivity contribution is 7.89. The van der Waals surface area contributed by atoms with Gasteiger partial charge in [0, 0.05) is 26.2 Å². The van der Waals surface area contributed by atoms with Crippen LogP contribution < -0.4 is 10.2 Å². The quantitative estimate of drug-likeness (QED) is 0.409. The van der Waals surface area contributed by atoms with Crippen LogP contribution in [0.3, 0.4) is 0 Å². The van der Waals surface area contributed by atoms with Crippen LogP contribution in [0.2, 0.25) is 0 Å². The number of nitrogens with one attached hydrogen (secondary N) is 1. The molecule has 202 valence electrons. The number of piperazine rings is 1. The van der Waals surface area contributed by atoms with Crippen molar-refractivity contribution < 1.29 is 18.3 Å². The second-order valence-corrected chi connectivity index (χ2v) is 11.3. The monoisotopic (exact) mass is 537 g/mol. The van der Waals surface area contributed by atoms with Crippen molar-refractivity contribution in [1.29, 1.82) is 0 Å². The third-order valence-electron chi connectivity index (χ3n) is 6.78. The van der Waals surface area contributed by atoms with Gasteiger partial charge in [0.15, 0.2) is 0 Å². The topological polar surface area (TPSA) is 116 Å². The Hall–Kier alpha value is -3.34. The second kappa shape index (κ2) is 12.5. The fourth-order valence-corrected chi connectivity index (χ4v) is 6.09. The Morgan fingerprint density at radius 1 is 0.974 bits per heavy atom. The molecular weight excluding hydrogens is 502 g/mol. The molecule has 1 aliphatic rings. The normalized spacial score (nSPS) is 16.4. The standard InChI is InChI=1S/C28H35N5O4S/c1-3-5-22-6-8-23(9-7-22)16-31-28(35)26-19-32(27-18-29-24(20-34)17-30-27)14-15-33(26)38(36,37)25-12-10-21(4-2)11-13-25/h6-13,17-18,26,34H,3-5,14-16,19-20H2,1-2H3,(H,31,35)/t26-/m1/s1. The third kappa shape index (κ3) is 6.38. The predicted molar refractivity (Wildman–Crippen MR) is 146 cm³/mol. The van der Waals surface area contributed by atoms with Gasteiger partial charge in [0.25, 0.3) is 0 Å². The summed E-state index contributed by atoms with van der Waals surface area (Å²) < 4.78 is 28.6. The van der Waals surface area contributed by atoms with Gasteiger partial charge in [-0.05, 0) is 41.7 Å². The minimum atomic E-state index is -3.92. The molecule has 4 rings (SSSR count). The largest absolute Gasteiger partial charge is 0.390 e. The van der Waals surface area contributed by atoms with E-state index in [2.05, 4.69) is 34.3 Å².